The zero-order valence-electron chi connectivity index (χ0n) is 34.6. The van der Waals surface area contributed by atoms with Gasteiger partial charge in [0.2, 0.25) is 0 Å². The summed E-state index contributed by atoms with van der Waals surface area (Å²) in [7, 11) is 3.62. The molecule has 3 aliphatic heterocycles. The van der Waals surface area contributed by atoms with Crippen LogP contribution in [0, 0.1) is 35.4 Å². The zero-order chi connectivity index (χ0) is 41.6. The molecule has 2 N–H and O–H groups in total. The Morgan fingerprint density at radius 2 is 1.74 bits per heavy atom. The minimum absolute atomic E-state index is 0.00335. The predicted molar refractivity (Wildman–Crippen MR) is 212 cm³/mol. The molecule has 1 aromatic rings. The number of carbonyl (C=O) groups is 3. The van der Waals surface area contributed by atoms with Crippen molar-refractivity contribution in [1.29, 1.82) is 0 Å². The molecular formula is C44H63FN2O10. The lowest BCUT2D eigenvalue weighted by atomic mass is 9.79. The number of aldehydes is 1. The molecule has 4 rings (SSSR count). The number of allylic oxidation sites excluding steroid dienone is 3. The summed E-state index contributed by atoms with van der Waals surface area (Å²) >= 11 is 0. The van der Waals surface area contributed by atoms with Crippen molar-refractivity contribution < 1.29 is 52.7 Å². The van der Waals surface area contributed by atoms with Crippen LogP contribution in [0.1, 0.15) is 65.9 Å². The monoisotopic (exact) mass is 798 g/mol. The number of carbonyl (C=O) groups excluding carboxylic acids is 3. The Labute approximate surface area is 337 Å². The summed E-state index contributed by atoms with van der Waals surface area (Å²) in [5.41, 5.74) is 1.71. The molecule has 316 valence electrons. The molecule has 3 heterocycles. The van der Waals surface area contributed by atoms with Crippen molar-refractivity contribution in [3.8, 4) is 11.8 Å². The van der Waals surface area contributed by atoms with Crippen molar-refractivity contribution in [1.82, 2.24) is 9.80 Å². The van der Waals surface area contributed by atoms with Crippen LogP contribution in [0.15, 0.2) is 48.1 Å². The van der Waals surface area contributed by atoms with Crippen molar-refractivity contribution in [3.05, 3.63) is 59.4 Å². The minimum Gasteiger partial charge on any atom is -0.460 e. The van der Waals surface area contributed by atoms with Crippen LogP contribution in [0.3, 0.4) is 0 Å². The summed E-state index contributed by atoms with van der Waals surface area (Å²) < 4.78 is 44.0. The van der Waals surface area contributed by atoms with Crippen molar-refractivity contribution in [2.75, 3.05) is 47.0 Å². The first-order valence-electron chi connectivity index (χ1n) is 20.2. The molecule has 0 unspecified atom stereocenters. The Morgan fingerprint density at radius 3 is 2.39 bits per heavy atom. The van der Waals surface area contributed by atoms with Gasteiger partial charge in [-0.1, -0.05) is 62.5 Å². The number of rotatable bonds is 10. The van der Waals surface area contributed by atoms with Crippen LogP contribution in [0.25, 0.3) is 0 Å². The van der Waals surface area contributed by atoms with Gasteiger partial charge in [0, 0.05) is 37.8 Å². The maximum absolute atomic E-state index is 13.6. The fraction of sp³-hybridized carbons (Fsp3) is 0.659. The molecule has 12 nitrogen and oxygen atoms in total. The van der Waals surface area contributed by atoms with Gasteiger partial charge in [0.1, 0.15) is 37.0 Å². The second kappa shape index (κ2) is 22.7. The van der Waals surface area contributed by atoms with Crippen LogP contribution < -0.4 is 0 Å². The van der Waals surface area contributed by atoms with Crippen LogP contribution in [0.5, 0.6) is 0 Å². The summed E-state index contributed by atoms with van der Waals surface area (Å²) in [5.74, 6) is 3.17. The number of benzene rings is 1. The molecule has 0 aliphatic carbocycles. The second-order valence-electron chi connectivity index (χ2n) is 15.8. The van der Waals surface area contributed by atoms with Crippen molar-refractivity contribution >= 4 is 18.0 Å². The number of aliphatic hydroxyl groups excluding tert-OH is 2. The molecule has 12 atom stereocenters. The number of ether oxygens (including phenoxy) is 5. The topological polar surface area (TPSA) is 144 Å². The maximum Gasteiger partial charge on any atom is 0.308 e. The smallest absolute Gasteiger partial charge is 0.308 e. The van der Waals surface area contributed by atoms with E-state index in [1.54, 1.807) is 38.1 Å². The molecule has 0 saturated carbocycles. The van der Waals surface area contributed by atoms with Crippen molar-refractivity contribution in [3.63, 3.8) is 0 Å². The number of morpholine rings is 1. The summed E-state index contributed by atoms with van der Waals surface area (Å²) in [6, 6.07) is 5.26. The van der Waals surface area contributed by atoms with Crippen LogP contribution in [-0.2, 0) is 44.5 Å². The molecule has 2 fully saturated rings. The second-order valence-corrected chi connectivity index (χ2v) is 15.8. The third-order valence-corrected chi connectivity index (χ3v) is 11.3. The fourth-order valence-corrected chi connectivity index (χ4v) is 8.00. The Hall–Kier alpha value is -3.32. The molecule has 57 heavy (non-hydrogen) atoms. The maximum atomic E-state index is 13.6. The van der Waals surface area contributed by atoms with Crippen LogP contribution in [-0.4, -0.2) is 140 Å². The van der Waals surface area contributed by atoms with E-state index in [0.717, 1.165) is 17.4 Å². The lowest BCUT2D eigenvalue weighted by Gasteiger charge is -2.47. The normalized spacial score (nSPS) is 35.4. The molecule has 3 aliphatic rings. The average molecular weight is 799 g/mol. The number of halogens is 1. The third kappa shape index (κ3) is 13.3. The molecule has 0 amide bonds. The van der Waals surface area contributed by atoms with Gasteiger partial charge in [0.25, 0.3) is 0 Å². The van der Waals surface area contributed by atoms with Crippen LogP contribution in [0.2, 0.25) is 0 Å². The van der Waals surface area contributed by atoms with E-state index in [4.69, 9.17) is 23.7 Å². The van der Waals surface area contributed by atoms with Gasteiger partial charge >= 0.3 is 5.97 Å². The molecule has 0 aromatic heterocycles. The van der Waals surface area contributed by atoms with Crippen LogP contribution in [0.4, 0.5) is 4.39 Å². The number of aliphatic hydroxyl groups is 2. The third-order valence-electron chi connectivity index (χ3n) is 11.3. The highest BCUT2D eigenvalue weighted by Crippen LogP contribution is 2.35. The number of ketones is 1. The van der Waals surface area contributed by atoms with Gasteiger partial charge in [0.05, 0.1) is 50.0 Å². The number of nitrogens with zero attached hydrogens (tertiary/aromatic N) is 2. The average Bonchev–Trinajstić information content (AvgIpc) is 3.18. The molecule has 0 bridgehead atoms. The van der Waals surface area contributed by atoms with Gasteiger partial charge in [-0.3, -0.25) is 14.5 Å². The zero-order valence-corrected chi connectivity index (χ0v) is 34.6. The molecule has 13 heteroatoms. The highest BCUT2D eigenvalue weighted by molar-refractivity contribution is 5.91. The highest BCUT2D eigenvalue weighted by atomic mass is 19.1. The van der Waals surface area contributed by atoms with Gasteiger partial charge in [-0.2, -0.15) is 0 Å². The summed E-state index contributed by atoms with van der Waals surface area (Å²) in [6.07, 6.45) is 0.619. The van der Waals surface area contributed by atoms with E-state index in [9.17, 15) is 29.0 Å². The van der Waals surface area contributed by atoms with Gasteiger partial charge in [0.15, 0.2) is 12.1 Å². The van der Waals surface area contributed by atoms with Gasteiger partial charge in [-0.05, 0) is 70.5 Å². The number of cyclic esters (lactones) is 1. The fourth-order valence-electron chi connectivity index (χ4n) is 8.00. The molecular weight excluding hydrogens is 735 g/mol. The van der Waals surface area contributed by atoms with E-state index in [2.05, 4.69) is 16.7 Å². The SMILES string of the molecule is CC[C@H]1OC(=O)C[C@@H](O)[C@H](C)[C@@H](O[C@@H]2O[C@H](C)[C@@H](OCC#CCc3ccc(F)cc3)[C@H](N(C)C)[C@H]2O)[C@@H](CC=O)C[C@@H](C)C(=O)/C=C/C(C)=C/[C@@H]1N1CCOCC1. The number of likely N-dealkylation sites (N-methyl/N-ethyl adjacent to an activating group) is 1. The van der Waals surface area contributed by atoms with Gasteiger partial charge in [-0.15, -0.1) is 0 Å². The molecule has 2 saturated heterocycles. The van der Waals surface area contributed by atoms with E-state index in [1.165, 1.54) is 12.1 Å². The standard InChI is InChI=1S/C44H63FN2O10/c1-8-38-35(47-19-23-53-24-20-47)25-28(2)12-17-36(49)29(3)26-33(18-21-48)42(30(4)37(50)27-39(51)56-38)57-44-41(52)40(46(6)7)43(31(5)55-44)54-22-10-9-11-32-13-15-34(45)16-14-32/h12-17,21,25,29-31,33,35,37-38,40-44,50,52H,8,11,18-20,22-24,26-27H2,1-7H3/b17-12+,28-25+/t29-,30+,31-,33+,35+,37-,38-,40-,41-,42-,43-,44+/m1/s1. The number of esters is 1. The molecule has 1 aromatic carbocycles. The van der Waals surface area contributed by atoms with E-state index in [-0.39, 0.29) is 43.5 Å². The first-order chi connectivity index (χ1) is 27.2. The Morgan fingerprint density at radius 1 is 1.04 bits per heavy atom. The summed E-state index contributed by atoms with van der Waals surface area (Å²) in [5, 5.41) is 23.5. The highest BCUT2D eigenvalue weighted by Gasteiger charge is 2.48. The Kier molecular flexibility index (Phi) is 18.5. The van der Waals surface area contributed by atoms with E-state index >= 15 is 0 Å². The Bertz CT molecular complexity index is 1570. The molecule has 0 spiro atoms. The number of hydrogen-bond acceptors (Lipinski definition) is 12. The van der Waals surface area contributed by atoms with Gasteiger partial charge in [-0.25, -0.2) is 4.39 Å². The Balaban J connectivity index is 1.58. The van der Waals surface area contributed by atoms with E-state index in [1.807, 2.05) is 45.8 Å². The molecule has 0 radical (unpaired) electrons. The first kappa shape index (κ1) is 46.4. The minimum atomic E-state index is -1.25. The van der Waals surface area contributed by atoms with Crippen molar-refractivity contribution in [2.24, 2.45) is 17.8 Å². The largest absolute Gasteiger partial charge is 0.460 e. The van der Waals surface area contributed by atoms with Crippen LogP contribution >= 0.6 is 0 Å². The summed E-state index contributed by atoms with van der Waals surface area (Å²) in [6.45, 7) is 11.7. The quantitative estimate of drug-likeness (QED) is 0.201. The van der Waals surface area contributed by atoms with E-state index in [0.29, 0.717) is 39.1 Å². The lowest BCUT2D eigenvalue weighted by Crippen LogP contribution is -2.64. The van der Waals surface area contributed by atoms with Gasteiger partial charge < -0.3 is 43.6 Å². The summed E-state index contributed by atoms with van der Waals surface area (Å²) in [4.78, 5) is 43.3. The first-order valence-corrected chi connectivity index (χ1v) is 20.2. The number of hydrogen-bond donors (Lipinski definition) is 2. The van der Waals surface area contributed by atoms with E-state index < -0.39 is 72.7 Å². The van der Waals surface area contributed by atoms with Crippen molar-refractivity contribution in [2.45, 2.75) is 122 Å². The predicted octanol–water partition coefficient (Wildman–Crippen LogP) is 3.90. The lowest BCUT2D eigenvalue weighted by molar-refractivity contribution is -0.307.